The second kappa shape index (κ2) is 7.81. The summed E-state index contributed by atoms with van der Waals surface area (Å²) in [4.78, 5) is 10.8. The van der Waals surface area contributed by atoms with Crippen LogP contribution in [0.2, 0.25) is 0 Å². The van der Waals surface area contributed by atoms with E-state index >= 15 is 0 Å². The lowest BCUT2D eigenvalue weighted by molar-refractivity contribution is -0.119. The Morgan fingerprint density at radius 3 is 1.80 bits per heavy atom. The van der Waals surface area contributed by atoms with Crippen LogP contribution >= 0.6 is 12.6 Å². The Morgan fingerprint density at radius 1 is 1.20 bits per heavy atom. The Kier molecular flexibility index (Phi) is 7.47. The summed E-state index contributed by atoms with van der Waals surface area (Å²) in [5.74, 6) is 0.177. The minimum Gasteiger partial charge on any atom is -0.298 e. The molecule has 0 aliphatic heterocycles. The summed E-state index contributed by atoms with van der Waals surface area (Å²) in [6, 6.07) is 5.99. The lowest BCUT2D eigenvalue weighted by atomic mass is 9.98. The molecule has 0 heterocycles. The van der Waals surface area contributed by atoms with E-state index in [9.17, 15) is 13.2 Å². The van der Waals surface area contributed by atoms with Crippen LogP contribution in [0.25, 0.3) is 0 Å². The molecule has 1 rings (SSSR count). The molecule has 4 nitrogen and oxygen atoms in total. The first-order chi connectivity index (χ1) is 9.06. The molecule has 0 bridgehead atoms. The first kappa shape index (κ1) is 19.1. The van der Waals surface area contributed by atoms with Gasteiger partial charge in [0.25, 0.3) is 10.1 Å². The van der Waals surface area contributed by atoms with Crippen LogP contribution in [0.15, 0.2) is 29.2 Å². The smallest absolute Gasteiger partial charge is 0.294 e. The average Bonchev–Trinajstić information content (AvgIpc) is 2.37. The average molecular weight is 318 g/mol. The summed E-state index contributed by atoms with van der Waals surface area (Å²) in [5, 5.41) is 0. The zero-order valence-corrected chi connectivity index (χ0v) is 14.0. The van der Waals surface area contributed by atoms with E-state index in [-0.39, 0.29) is 15.4 Å². The summed E-state index contributed by atoms with van der Waals surface area (Å²) >= 11 is 4.26. The van der Waals surface area contributed by atoms with Gasteiger partial charge >= 0.3 is 0 Å². The number of aryl methyl sites for hydroxylation is 1. The molecule has 0 aliphatic carbocycles. The van der Waals surface area contributed by atoms with E-state index in [4.69, 9.17) is 4.55 Å². The highest BCUT2D eigenvalue weighted by molar-refractivity contribution is 7.85. The fraction of sp³-hybridized carbons (Fsp3) is 0.500. The van der Waals surface area contributed by atoms with Crippen molar-refractivity contribution in [2.75, 3.05) is 0 Å². The Hall–Kier alpha value is -0.850. The van der Waals surface area contributed by atoms with Crippen molar-refractivity contribution < 1.29 is 17.8 Å². The number of ketones is 1. The molecule has 0 spiro atoms. The van der Waals surface area contributed by atoms with E-state index in [1.807, 2.05) is 20.8 Å². The van der Waals surface area contributed by atoms with Gasteiger partial charge in [0.1, 0.15) is 5.78 Å². The highest BCUT2D eigenvalue weighted by atomic mass is 32.2. The van der Waals surface area contributed by atoms with Gasteiger partial charge in [-0.05, 0) is 38.8 Å². The Balaban J connectivity index is 0.000000370. The normalized spacial score (nSPS) is 11.5. The number of carbonyl (C=O) groups excluding carboxylic acids is 1. The first-order valence-electron chi connectivity index (χ1n) is 6.34. The van der Waals surface area contributed by atoms with Gasteiger partial charge in [0, 0.05) is 0 Å². The number of hydrogen-bond donors (Lipinski definition) is 2. The van der Waals surface area contributed by atoms with Gasteiger partial charge in [0.2, 0.25) is 0 Å². The molecule has 1 N–H and O–H groups in total. The molecule has 1 aromatic rings. The predicted octanol–water partition coefficient (Wildman–Crippen LogP) is 3.31. The number of hydrogen-bond acceptors (Lipinski definition) is 4. The van der Waals surface area contributed by atoms with Crippen LogP contribution in [0.3, 0.4) is 0 Å². The molecule has 20 heavy (non-hydrogen) atoms. The Morgan fingerprint density at radius 2 is 1.60 bits per heavy atom. The van der Waals surface area contributed by atoms with E-state index in [1.165, 1.54) is 12.1 Å². The number of Topliss-reactive ketones (excluding diaryl/α,β-unsaturated/α-hetero) is 1. The van der Waals surface area contributed by atoms with Crippen molar-refractivity contribution in [3.8, 4) is 0 Å². The number of rotatable bonds is 4. The third-order valence-electron chi connectivity index (χ3n) is 3.14. The highest BCUT2D eigenvalue weighted by Crippen LogP contribution is 2.23. The van der Waals surface area contributed by atoms with Crippen LogP contribution in [0.5, 0.6) is 0 Å². The summed E-state index contributed by atoms with van der Waals surface area (Å²) in [7, 11) is -4.02. The maximum atomic E-state index is 10.9. The van der Waals surface area contributed by atoms with Crippen LogP contribution in [0.4, 0.5) is 0 Å². The monoisotopic (exact) mass is 318 g/mol. The van der Waals surface area contributed by atoms with E-state index in [0.717, 1.165) is 18.4 Å². The topological polar surface area (TPSA) is 71.4 Å². The molecule has 0 fully saturated rings. The summed E-state index contributed by atoms with van der Waals surface area (Å²) in [6.45, 7) is 7.41. The largest absolute Gasteiger partial charge is 0.298 e. The molecule has 0 radical (unpaired) electrons. The van der Waals surface area contributed by atoms with Gasteiger partial charge in [-0.15, -0.1) is 0 Å². The van der Waals surface area contributed by atoms with Gasteiger partial charge < -0.3 is 0 Å². The second-order valence-corrected chi connectivity index (χ2v) is 6.86. The van der Waals surface area contributed by atoms with Crippen LogP contribution < -0.4 is 0 Å². The van der Waals surface area contributed by atoms with Crippen LogP contribution in [0.1, 0.15) is 39.2 Å². The van der Waals surface area contributed by atoms with Gasteiger partial charge in [0.15, 0.2) is 0 Å². The van der Waals surface area contributed by atoms with E-state index in [0.29, 0.717) is 0 Å². The lowest BCUT2D eigenvalue weighted by Gasteiger charge is -2.20. The van der Waals surface area contributed by atoms with E-state index in [1.54, 1.807) is 19.1 Å². The zero-order valence-electron chi connectivity index (χ0n) is 12.3. The van der Waals surface area contributed by atoms with Gasteiger partial charge in [-0.2, -0.15) is 21.0 Å². The second-order valence-electron chi connectivity index (χ2n) is 4.58. The van der Waals surface area contributed by atoms with Crippen molar-refractivity contribution in [3.63, 3.8) is 0 Å². The van der Waals surface area contributed by atoms with Crippen molar-refractivity contribution in [3.05, 3.63) is 29.8 Å². The number of carbonyl (C=O) groups is 1. The van der Waals surface area contributed by atoms with E-state index in [2.05, 4.69) is 12.6 Å². The van der Waals surface area contributed by atoms with Crippen molar-refractivity contribution in [2.24, 2.45) is 0 Å². The highest BCUT2D eigenvalue weighted by Gasteiger charge is 2.25. The fourth-order valence-electron chi connectivity index (χ4n) is 1.46. The molecule has 6 heteroatoms. The third kappa shape index (κ3) is 6.07. The fourth-order valence-corrected chi connectivity index (χ4v) is 1.94. The molecule has 0 aliphatic rings. The standard InChI is InChI=1S/C7H8O3S.C7H14OS/c1-6-2-4-7(5-3-6)11(8,9)10;1-4-7(9,5-2)6(3)8/h2-5H,1H3,(H,8,9,10);9H,4-5H2,1-3H3. The van der Waals surface area contributed by atoms with Crippen molar-refractivity contribution in [1.82, 2.24) is 0 Å². The summed E-state index contributed by atoms with van der Waals surface area (Å²) in [5.41, 5.74) is 0.956. The molecule has 114 valence electrons. The molecule has 0 aromatic heterocycles. The molecule has 1 aromatic carbocycles. The van der Waals surface area contributed by atoms with E-state index < -0.39 is 10.1 Å². The SMILES string of the molecule is CCC(S)(CC)C(C)=O.Cc1ccc(S(=O)(=O)O)cc1. The zero-order chi connectivity index (χ0) is 16.0. The van der Waals surface area contributed by atoms with Crippen molar-refractivity contribution in [2.45, 2.75) is 50.2 Å². The van der Waals surface area contributed by atoms with Gasteiger partial charge in [-0.3, -0.25) is 9.35 Å². The maximum absolute atomic E-state index is 10.9. The number of thiol groups is 1. The Labute approximate surface area is 126 Å². The predicted molar refractivity (Wildman–Crippen MR) is 84.0 cm³/mol. The molecular formula is C14H22O4S2. The van der Waals surface area contributed by atoms with Crippen LogP contribution in [-0.4, -0.2) is 23.5 Å². The third-order valence-corrected chi connectivity index (χ3v) is 4.96. The molecule has 0 atom stereocenters. The van der Waals surface area contributed by atoms with Crippen molar-refractivity contribution in [1.29, 1.82) is 0 Å². The Bertz CT molecular complexity index is 529. The summed E-state index contributed by atoms with van der Waals surface area (Å²) < 4.78 is 29.2. The summed E-state index contributed by atoms with van der Waals surface area (Å²) in [6.07, 6.45) is 1.64. The molecule has 0 amide bonds. The quantitative estimate of drug-likeness (QED) is 0.660. The lowest BCUT2D eigenvalue weighted by Crippen LogP contribution is -2.28. The molecule has 0 unspecified atom stereocenters. The van der Waals surface area contributed by atoms with Gasteiger partial charge in [-0.25, -0.2) is 0 Å². The van der Waals surface area contributed by atoms with Gasteiger partial charge in [0.05, 0.1) is 9.64 Å². The maximum Gasteiger partial charge on any atom is 0.294 e. The first-order valence-corrected chi connectivity index (χ1v) is 8.23. The molecule has 0 saturated carbocycles. The molecule has 0 saturated heterocycles. The minimum atomic E-state index is -4.02. The van der Waals surface area contributed by atoms with Crippen LogP contribution in [-0.2, 0) is 14.9 Å². The minimum absolute atomic E-state index is 0.0666. The number of benzene rings is 1. The van der Waals surface area contributed by atoms with Crippen LogP contribution in [0, 0.1) is 6.92 Å². The molecular weight excluding hydrogens is 296 g/mol. The van der Waals surface area contributed by atoms with Gasteiger partial charge in [-0.1, -0.05) is 31.5 Å². The van der Waals surface area contributed by atoms with Crippen molar-refractivity contribution >= 4 is 28.5 Å².